The molecule has 0 unspecified atom stereocenters. The van der Waals surface area contributed by atoms with Crippen LogP contribution in [-0.4, -0.2) is 113 Å². The van der Waals surface area contributed by atoms with E-state index in [1.54, 1.807) is 0 Å². The van der Waals surface area contributed by atoms with Crippen LogP contribution in [0.4, 0.5) is 18.9 Å². The molecule has 0 aromatic heterocycles. The zero-order chi connectivity index (χ0) is 40.2. The summed E-state index contributed by atoms with van der Waals surface area (Å²) >= 11 is 0.489. The number of aromatic carboxylic acids is 1. The third-order valence-corrected chi connectivity index (χ3v) is 15.3. The molecule has 2 saturated heterocycles. The maximum atomic E-state index is 17.0. The third-order valence-electron chi connectivity index (χ3n) is 10.7. The molecule has 9 nitrogen and oxygen atoms in total. The number of amides is 1. The minimum atomic E-state index is -2.50. The van der Waals surface area contributed by atoms with Crippen LogP contribution < -0.4 is 15.4 Å². The molecule has 1 amide bonds. The number of nitrogens with zero attached hydrogens (tertiary/aromatic N) is 2. The van der Waals surface area contributed by atoms with Crippen LogP contribution in [0, 0.1) is 22.9 Å². The van der Waals surface area contributed by atoms with E-state index in [9.17, 15) is 14.7 Å². The van der Waals surface area contributed by atoms with Gasteiger partial charge in [0.05, 0.1) is 50.1 Å². The maximum absolute atomic E-state index is 17.0. The van der Waals surface area contributed by atoms with Crippen LogP contribution >= 0.6 is 11.8 Å². The molecule has 2 N–H and O–H groups in total. The zero-order valence-corrected chi connectivity index (χ0v) is 34.8. The number of thioether (sulfide) groups is 1. The summed E-state index contributed by atoms with van der Waals surface area (Å²) in [6.45, 7) is 17.2. The fourth-order valence-corrected chi connectivity index (χ4v) is 11.1. The Hall–Kier alpha value is -3.69. The lowest BCUT2D eigenvalue weighted by molar-refractivity contribution is -0.582. The number of carboxylic acid groups (broad SMARTS) is 1. The van der Waals surface area contributed by atoms with Gasteiger partial charge in [0.15, 0.2) is 17.3 Å². The molecule has 0 spiro atoms. The summed E-state index contributed by atoms with van der Waals surface area (Å²) in [5.74, 6) is -7.29. The molecule has 0 bridgehead atoms. The first-order valence-electron chi connectivity index (χ1n) is 19.4. The van der Waals surface area contributed by atoms with Gasteiger partial charge < -0.3 is 29.5 Å². The molecule has 0 saturated carbocycles. The van der Waals surface area contributed by atoms with Crippen LogP contribution in [0.25, 0.3) is 5.57 Å². The van der Waals surface area contributed by atoms with Gasteiger partial charge in [0.25, 0.3) is 0 Å². The zero-order valence-electron chi connectivity index (χ0n) is 33.0. The molecule has 1 aliphatic carbocycles. The van der Waals surface area contributed by atoms with Crippen molar-refractivity contribution >= 4 is 53.9 Å². The maximum Gasteiger partial charge on any atom is 0.339 e. The summed E-state index contributed by atoms with van der Waals surface area (Å²) in [7, 11) is -2.50. The van der Waals surface area contributed by atoms with E-state index in [-0.39, 0.29) is 24.1 Å². The van der Waals surface area contributed by atoms with E-state index >= 15 is 13.2 Å². The highest BCUT2D eigenvalue weighted by Crippen LogP contribution is 2.46. The highest BCUT2D eigenvalue weighted by molar-refractivity contribution is 8.00. The van der Waals surface area contributed by atoms with Crippen LogP contribution in [0.2, 0.25) is 13.1 Å². The Labute approximate surface area is 332 Å². The van der Waals surface area contributed by atoms with Crippen LogP contribution in [0.3, 0.4) is 0 Å². The molecule has 302 valence electrons. The van der Waals surface area contributed by atoms with E-state index in [1.165, 1.54) is 0 Å². The average Bonchev–Trinajstić information content (AvgIpc) is 3.09. The number of fused-ring (bicyclic) bond motifs is 2. The Balaban J connectivity index is 1.20. The highest BCUT2D eigenvalue weighted by Gasteiger charge is 2.43. The molecule has 14 heteroatoms. The minimum Gasteiger partial charge on any atom is -0.478 e. The highest BCUT2D eigenvalue weighted by atomic mass is 32.2. The average molecular weight is 813 g/mol. The number of halogens is 3. The van der Waals surface area contributed by atoms with Gasteiger partial charge >= 0.3 is 5.97 Å². The van der Waals surface area contributed by atoms with Crippen molar-refractivity contribution in [1.82, 2.24) is 5.32 Å². The molecule has 4 aliphatic rings. The Morgan fingerprint density at radius 3 is 2.21 bits per heavy atom. The number of hydrogen-bond donors (Lipinski definition) is 2. The topological polar surface area (TPSA) is 100 Å². The Morgan fingerprint density at radius 2 is 1.61 bits per heavy atom. The fourth-order valence-electron chi connectivity index (χ4n) is 7.21. The molecule has 3 aliphatic heterocycles. The second kappa shape index (κ2) is 17.8. The summed E-state index contributed by atoms with van der Waals surface area (Å²) in [5, 5.41) is 14.9. The van der Waals surface area contributed by atoms with Crippen molar-refractivity contribution in [1.29, 1.82) is 0 Å². The van der Waals surface area contributed by atoms with Crippen molar-refractivity contribution in [2.45, 2.75) is 58.0 Å². The van der Waals surface area contributed by atoms with Gasteiger partial charge in [-0.05, 0) is 63.6 Å². The van der Waals surface area contributed by atoms with E-state index in [2.05, 4.69) is 60.8 Å². The van der Waals surface area contributed by atoms with E-state index in [1.807, 2.05) is 24.3 Å². The Kier molecular flexibility index (Phi) is 13.4. The number of carbonyl (C=O) groups is 2. The van der Waals surface area contributed by atoms with Crippen LogP contribution in [0.15, 0.2) is 52.1 Å². The third kappa shape index (κ3) is 9.20. The van der Waals surface area contributed by atoms with Crippen molar-refractivity contribution in [3.05, 3.63) is 81.3 Å². The molecule has 2 fully saturated rings. The molecule has 56 heavy (non-hydrogen) atoms. The molecule has 0 atom stereocenters. The predicted octanol–water partition coefficient (Wildman–Crippen LogP) is 6.33. The van der Waals surface area contributed by atoms with Gasteiger partial charge in [-0.25, -0.2) is 22.5 Å². The first-order chi connectivity index (χ1) is 26.7. The predicted molar refractivity (Wildman–Crippen MR) is 217 cm³/mol. The van der Waals surface area contributed by atoms with Crippen LogP contribution in [0.5, 0.6) is 0 Å². The Bertz CT molecular complexity index is 1980. The quantitative estimate of drug-likeness (QED) is 0.0630. The summed E-state index contributed by atoms with van der Waals surface area (Å²) in [6.07, 6.45) is 9.03. The smallest absolute Gasteiger partial charge is 0.339 e. The normalized spacial score (nSPS) is 17.3. The first-order valence-corrected chi connectivity index (χ1v) is 23.4. The lowest BCUT2D eigenvalue weighted by atomic mass is 9.86. The number of allylic oxidation sites excluding steroid dienone is 5. The first kappa shape index (κ1) is 41.9. The number of nitrogens with one attached hydrogen (secondary N) is 1. The number of carboxylic acids is 1. The van der Waals surface area contributed by atoms with E-state index in [4.69, 9.17) is 14.2 Å². The van der Waals surface area contributed by atoms with Crippen molar-refractivity contribution in [2.75, 3.05) is 83.0 Å². The molecule has 6 rings (SSSR count). The van der Waals surface area contributed by atoms with E-state index in [0.717, 1.165) is 67.2 Å². The van der Waals surface area contributed by atoms with E-state index < -0.39 is 59.2 Å². The van der Waals surface area contributed by atoms with E-state index in [0.29, 0.717) is 55.9 Å². The number of rotatable bonds is 17. The van der Waals surface area contributed by atoms with Gasteiger partial charge in [0.2, 0.25) is 5.91 Å². The molecule has 2 aromatic rings. The fraction of sp³-hybridized carbons (Fsp3) is 0.500. The van der Waals surface area contributed by atoms with Gasteiger partial charge in [-0.2, -0.15) is 0 Å². The lowest BCUT2D eigenvalue weighted by Crippen LogP contribution is -2.50. The summed E-state index contributed by atoms with van der Waals surface area (Å²) in [5.41, 5.74) is 2.08. The molecular weight excluding hydrogens is 760 g/mol. The van der Waals surface area contributed by atoms with Crippen molar-refractivity contribution in [3.8, 4) is 0 Å². The van der Waals surface area contributed by atoms with Gasteiger partial charge in [-0.1, -0.05) is 39.9 Å². The SMILES string of the molecule is CC(C)(C)CCOCCOCCOCCNC(=O)CSc1c(F)c(F)c(C(=O)O)c(C2=C3C=CC(=[N+]4CCC4)C=C3[Si](C)(C)c3cc(N4CCC4)ccc32)c1F. The molecule has 2 aromatic carbocycles. The van der Waals surface area contributed by atoms with Crippen molar-refractivity contribution < 1.29 is 46.7 Å². The monoisotopic (exact) mass is 812 g/mol. The summed E-state index contributed by atoms with van der Waals surface area (Å²) in [4.78, 5) is 27.0. The van der Waals surface area contributed by atoms with Gasteiger partial charge in [0.1, 0.15) is 32.5 Å². The van der Waals surface area contributed by atoms with Gasteiger partial charge in [0, 0.05) is 49.6 Å². The summed E-state index contributed by atoms with van der Waals surface area (Å²) < 4.78 is 67.5. The van der Waals surface area contributed by atoms with Crippen molar-refractivity contribution in [3.63, 3.8) is 0 Å². The largest absolute Gasteiger partial charge is 0.478 e. The second-order valence-corrected chi connectivity index (χ2v) is 21.6. The molecule has 3 heterocycles. The van der Waals surface area contributed by atoms with Crippen LogP contribution in [0.1, 0.15) is 61.5 Å². The summed E-state index contributed by atoms with van der Waals surface area (Å²) in [6, 6.07) is 5.91. The molecular formula is C42H53F3N3O6SSi+. The number of carbonyl (C=O) groups excluding carboxylic acids is 1. The Morgan fingerprint density at radius 1 is 0.929 bits per heavy atom. The van der Waals surface area contributed by atoms with Crippen LogP contribution in [-0.2, 0) is 19.0 Å². The number of ether oxygens (including phenoxy) is 3. The van der Waals surface area contributed by atoms with Crippen molar-refractivity contribution in [2.24, 2.45) is 5.41 Å². The van der Waals surface area contributed by atoms with Gasteiger partial charge in [-0.3, -0.25) is 4.79 Å². The van der Waals surface area contributed by atoms with Gasteiger partial charge in [-0.15, -0.1) is 11.8 Å². The lowest BCUT2D eigenvalue weighted by Gasteiger charge is -2.40. The standard InChI is InChI=1S/C42H52F3N3O6SSi/c1-42(2,3)12-18-52-20-22-54-23-21-53-19-13-46-33(49)26-55-40-38(44)35(36(41(50)51)37(43)39(40)45)34-29-10-8-27(47-14-6-15-47)24-31(29)56(4,5)32-25-28(9-11-30(32)34)48-16-7-17-48/h8-11,24-25H,6-7,12-23,26H2,1-5H3,(H-,46,49,50,51)/p+1. The second-order valence-electron chi connectivity index (χ2n) is 16.3. The number of hydrogen-bond acceptors (Lipinski definition) is 7. The number of benzene rings is 2. The minimum absolute atomic E-state index is 0.141. The molecule has 0 radical (unpaired) electrons. The number of anilines is 1.